The summed E-state index contributed by atoms with van der Waals surface area (Å²) in [6.45, 7) is 4.82. The number of carbonyl (C=O) groups excluding carboxylic acids is 1. The zero-order valence-electron chi connectivity index (χ0n) is 16.2. The molecular formula is C20H21N5O3S. The van der Waals surface area contributed by atoms with Crippen LogP contribution in [0.25, 0.3) is 5.69 Å². The van der Waals surface area contributed by atoms with E-state index in [-0.39, 0.29) is 17.8 Å². The minimum absolute atomic E-state index is 0.118. The Hall–Kier alpha value is -3.07. The Morgan fingerprint density at radius 3 is 2.76 bits per heavy atom. The van der Waals surface area contributed by atoms with Crippen molar-refractivity contribution in [2.75, 3.05) is 18.9 Å². The number of amides is 1. The van der Waals surface area contributed by atoms with Crippen molar-refractivity contribution in [3.05, 3.63) is 53.6 Å². The highest BCUT2D eigenvalue weighted by atomic mass is 32.2. The van der Waals surface area contributed by atoms with Crippen molar-refractivity contribution in [1.82, 2.24) is 25.5 Å². The number of nitrogens with one attached hydrogen (secondary N) is 1. The lowest BCUT2D eigenvalue weighted by Gasteiger charge is -2.26. The molecule has 1 aromatic heterocycles. The number of rotatable bonds is 6. The van der Waals surface area contributed by atoms with E-state index in [1.54, 1.807) is 4.68 Å². The van der Waals surface area contributed by atoms with Crippen molar-refractivity contribution in [2.24, 2.45) is 0 Å². The Kier molecular flexibility index (Phi) is 5.66. The van der Waals surface area contributed by atoms with Crippen molar-refractivity contribution in [3.8, 4) is 17.2 Å². The van der Waals surface area contributed by atoms with Gasteiger partial charge in [0.1, 0.15) is 12.7 Å². The van der Waals surface area contributed by atoms with Gasteiger partial charge in [0.15, 0.2) is 11.5 Å². The van der Waals surface area contributed by atoms with Crippen molar-refractivity contribution >= 4 is 17.7 Å². The summed E-state index contributed by atoms with van der Waals surface area (Å²) < 4.78 is 13.2. The maximum absolute atomic E-state index is 12.3. The number of benzene rings is 2. The number of aromatic nitrogens is 4. The molecule has 8 nitrogen and oxygen atoms in total. The largest absolute Gasteiger partial charge is 0.486 e. The molecule has 0 fully saturated rings. The number of fused-ring (bicyclic) bond motifs is 1. The lowest BCUT2D eigenvalue weighted by atomic mass is 10.1. The van der Waals surface area contributed by atoms with Crippen molar-refractivity contribution < 1.29 is 14.3 Å². The third kappa shape index (κ3) is 4.68. The molecule has 2 heterocycles. The minimum Gasteiger partial charge on any atom is -0.486 e. The van der Waals surface area contributed by atoms with Gasteiger partial charge in [-0.25, -0.2) is 0 Å². The number of hydrogen-bond donors (Lipinski definition) is 1. The van der Waals surface area contributed by atoms with Crippen LogP contribution < -0.4 is 14.8 Å². The SMILES string of the molecule is Cc1cc(C)cc(-n2nnnc2SCC(=O)NC[C@H]2COc3ccccc3O2)c1. The summed E-state index contributed by atoms with van der Waals surface area (Å²) in [5.41, 5.74) is 3.13. The highest BCUT2D eigenvalue weighted by Crippen LogP contribution is 2.30. The third-order valence-electron chi connectivity index (χ3n) is 4.32. The normalized spacial score (nSPS) is 15.2. The van der Waals surface area contributed by atoms with Crippen LogP contribution in [-0.2, 0) is 4.79 Å². The van der Waals surface area contributed by atoms with E-state index in [9.17, 15) is 4.79 Å². The van der Waals surface area contributed by atoms with Crippen LogP contribution in [0.5, 0.6) is 11.5 Å². The molecule has 1 N–H and O–H groups in total. The monoisotopic (exact) mass is 411 g/mol. The summed E-state index contributed by atoms with van der Waals surface area (Å²) in [6.07, 6.45) is -0.223. The summed E-state index contributed by atoms with van der Waals surface area (Å²) in [6, 6.07) is 13.6. The van der Waals surface area contributed by atoms with Crippen molar-refractivity contribution in [1.29, 1.82) is 0 Å². The predicted octanol–water partition coefficient (Wildman–Crippen LogP) is 2.33. The molecule has 1 atom stereocenters. The molecule has 150 valence electrons. The van der Waals surface area contributed by atoms with Gasteiger partial charge in [-0.3, -0.25) is 4.79 Å². The number of nitrogens with zero attached hydrogens (tertiary/aromatic N) is 4. The van der Waals surface area contributed by atoms with Gasteiger partial charge in [0, 0.05) is 0 Å². The second kappa shape index (κ2) is 8.52. The molecule has 0 saturated heterocycles. The lowest BCUT2D eigenvalue weighted by Crippen LogP contribution is -2.41. The van der Waals surface area contributed by atoms with Gasteiger partial charge < -0.3 is 14.8 Å². The molecule has 1 amide bonds. The summed E-state index contributed by atoms with van der Waals surface area (Å²) in [5.74, 6) is 1.51. The van der Waals surface area contributed by atoms with Gasteiger partial charge in [0.25, 0.3) is 0 Å². The molecule has 0 saturated carbocycles. The highest BCUT2D eigenvalue weighted by Gasteiger charge is 2.21. The molecule has 9 heteroatoms. The van der Waals surface area contributed by atoms with E-state index in [0.717, 1.165) is 22.6 Å². The fourth-order valence-corrected chi connectivity index (χ4v) is 3.80. The number of thioether (sulfide) groups is 1. The molecule has 4 rings (SSSR count). The van der Waals surface area contributed by atoms with Crippen LogP contribution in [0.2, 0.25) is 0 Å². The van der Waals surface area contributed by atoms with Gasteiger partial charge >= 0.3 is 0 Å². The second-order valence-electron chi connectivity index (χ2n) is 6.81. The van der Waals surface area contributed by atoms with E-state index in [0.29, 0.717) is 24.1 Å². The number of hydrogen-bond acceptors (Lipinski definition) is 7. The average molecular weight is 411 g/mol. The van der Waals surface area contributed by atoms with Crippen LogP contribution in [0.1, 0.15) is 11.1 Å². The average Bonchev–Trinajstić information content (AvgIpc) is 3.18. The molecule has 0 radical (unpaired) electrons. The van der Waals surface area contributed by atoms with E-state index in [1.807, 2.05) is 50.2 Å². The van der Waals surface area contributed by atoms with Crippen LogP contribution in [0.3, 0.4) is 0 Å². The van der Waals surface area contributed by atoms with Gasteiger partial charge in [-0.2, -0.15) is 4.68 Å². The molecule has 0 spiro atoms. The summed E-state index contributed by atoms with van der Waals surface area (Å²) in [5, 5.41) is 15.3. The van der Waals surface area contributed by atoms with Crippen LogP contribution >= 0.6 is 11.8 Å². The smallest absolute Gasteiger partial charge is 0.230 e. The van der Waals surface area contributed by atoms with Crippen LogP contribution in [0, 0.1) is 13.8 Å². The maximum Gasteiger partial charge on any atom is 0.230 e. The number of tetrazole rings is 1. The quantitative estimate of drug-likeness (QED) is 0.623. The number of para-hydroxylation sites is 2. The standard InChI is InChI=1S/C20H21N5O3S/c1-13-7-14(2)9-15(8-13)25-20(22-23-24-25)29-12-19(26)21-10-16-11-27-17-5-3-4-6-18(17)28-16/h3-9,16H,10-12H2,1-2H3,(H,21,26)/t16-/m0/s1. The summed E-state index contributed by atoms with van der Waals surface area (Å²) in [7, 11) is 0. The second-order valence-corrected chi connectivity index (χ2v) is 7.75. The molecule has 0 bridgehead atoms. The van der Waals surface area contributed by atoms with Gasteiger partial charge in [0.05, 0.1) is 18.0 Å². The molecule has 3 aromatic rings. The Bertz CT molecular complexity index is 1000. The van der Waals surface area contributed by atoms with E-state index in [2.05, 4.69) is 26.9 Å². The molecule has 29 heavy (non-hydrogen) atoms. The van der Waals surface area contributed by atoms with Crippen LogP contribution in [0.15, 0.2) is 47.6 Å². The fraction of sp³-hybridized carbons (Fsp3) is 0.300. The number of aryl methyl sites for hydroxylation is 2. The Morgan fingerprint density at radius 2 is 1.97 bits per heavy atom. The third-order valence-corrected chi connectivity index (χ3v) is 5.24. The first-order valence-electron chi connectivity index (χ1n) is 9.23. The Morgan fingerprint density at radius 1 is 1.21 bits per heavy atom. The van der Waals surface area contributed by atoms with Gasteiger partial charge in [0.2, 0.25) is 11.1 Å². The maximum atomic E-state index is 12.3. The van der Waals surface area contributed by atoms with E-state index >= 15 is 0 Å². The van der Waals surface area contributed by atoms with Crippen molar-refractivity contribution in [2.45, 2.75) is 25.1 Å². The first-order chi connectivity index (χ1) is 14.1. The van der Waals surface area contributed by atoms with E-state index in [4.69, 9.17) is 9.47 Å². The number of ether oxygens (including phenoxy) is 2. The molecular weight excluding hydrogens is 390 g/mol. The fourth-order valence-electron chi connectivity index (χ4n) is 3.08. The van der Waals surface area contributed by atoms with E-state index < -0.39 is 0 Å². The first kappa shape index (κ1) is 19.3. The first-order valence-corrected chi connectivity index (χ1v) is 10.2. The van der Waals surface area contributed by atoms with Crippen molar-refractivity contribution in [3.63, 3.8) is 0 Å². The van der Waals surface area contributed by atoms with Crippen LogP contribution in [0.4, 0.5) is 0 Å². The molecule has 1 aliphatic rings. The van der Waals surface area contributed by atoms with Crippen LogP contribution in [-0.4, -0.2) is 51.1 Å². The summed E-state index contributed by atoms with van der Waals surface area (Å²) >= 11 is 1.29. The molecule has 0 unspecified atom stereocenters. The Balaban J connectivity index is 1.30. The lowest BCUT2D eigenvalue weighted by molar-refractivity contribution is -0.119. The molecule has 2 aromatic carbocycles. The predicted molar refractivity (Wildman–Crippen MR) is 109 cm³/mol. The summed E-state index contributed by atoms with van der Waals surface area (Å²) in [4.78, 5) is 12.3. The minimum atomic E-state index is -0.223. The zero-order chi connectivity index (χ0) is 20.2. The zero-order valence-corrected chi connectivity index (χ0v) is 17.0. The van der Waals surface area contributed by atoms with Gasteiger partial charge in [-0.05, 0) is 59.7 Å². The van der Waals surface area contributed by atoms with Gasteiger partial charge in [-0.15, -0.1) is 5.10 Å². The van der Waals surface area contributed by atoms with E-state index in [1.165, 1.54) is 11.8 Å². The highest BCUT2D eigenvalue weighted by molar-refractivity contribution is 7.99. The molecule has 1 aliphatic heterocycles. The topological polar surface area (TPSA) is 91.2 Å². The number of carbonyl (C=O) groups is 1. The molecule has 0 aliphatic carbocycles. The Labute approximate surface area is 172 Å². The van der Waals surface area contributed by atoms with Gasteiger partial charge in [-0.1, -0.05) is 30.0 Å².